The molecular formula is C17H17N5OS. The number of hydrogen-bond acceptors (Lipinski definition) is 5. The lowest BCUT2D eigenvalue weighted by atomic mass is 10.2. The molecule has 0 fully saturated rings. The van der Waals surface area contributed by atoms with E-state index in [0.717, 1.165) is 11.4 Å². The summed E-state index contributed by atoms with van der Waals surface area (Å²) in [6.45, 7) is 2.02. The van der Waals surface area contributed by atoms with E-state index in [0.29, 0.717) is 5.16 Å². The monoisotopic (exact) mass is 339 g/mol. The molecule has 7 heteroatoms. The van der Waals surface area contributed by atoms with Gasteiger partial charge in [-0.1, -0.05) is 47.7 Å². The number of thioether (sulfide) groups is 1. The standard InChI is InChI=1S/C17H17N5OS/c1-13-8-10-15(11-9-13)22-17(18-19-20-22)24-12-16(23)21(2)14-6-4-3-5-7-14/h3-11H,12H2,1-2H3. The molecule has 1 aromatic heterocycles. The number of tetrazole rings is 1. The first-order valence-corrected chi connectivity index (χ1v) is 8.43. The average Bonchev–Trinajstić information content (AvgIpc) is 3.09. The van der Waals surface area contributed by atoms with Crippen LogP contribution in [0.5, 0.6) is 0 Å². The number of carbonyl (C=O) groups excluding carboxylic acids is 1. The first-order chi connectivity index (χ1) is 11.6. The molecule has 0 saturated carbocycles. The summed E-state index contributed by atoms with van der Waals surface area (Å²) in [4.78, 5) is 14.0. The Morgan fingerprint density at radius 3 is 2.54 bits per heavy atom. The first-order valence-electron chi connectivity index (χ1n) is 7.45. The fourth-order valence-electron chi connectivity index (χ4n) is 2.14. The Bertz CT molecular complexity index is 817. The Balaban J connectivity index is 1.68. The van der Waals surface area contributed by atoms with Crippen LogP contribution in [-0.2, 0) is 4.79 Å². The summed E-state index contributed by atoms with van der Waals surface area (Å²) in [5.41, 5.74) is 2.90. The number of para-hydroxylation sites is 1. The van der Waals surface area contributed by atoms with E-state index < -0.39 is 0 Å². The van der Waals surface area contributed by atoms with Crippen LogP contribution in [-0.4, -0.2) is 38.9 Å². The third-order valence-corrected chi connectivity index (χ3v) is 4.47. The molecule has 3 aromatic rings. The average molecular weight is 339 g/mol. The predicted molar refractivity (Wildman–Crippen MR) is 94.5 cm³/mol. The Morgan fingerprint density at radius 1 is 1.12 bits per heavy atom. The van der Waals surface area contributed by atoms with Gasteiger partial charge in [-0.25, -0.2) is 0 Å². The fraction of sp³-hybridized carbons (Fsp3) is 0.176. The van der Waals surface area contributed by atoms with Crippen LogP contribution in [0, 0.1) is 6.92 Å². The van der Waals surface area contributed by atoms with Crippen molar-refractivity contribution >= 4 is 23.4 Å². The van der Waals surface area contributed by atoms with Crippen LogP contribution in [0.4, 0.5) is 5.69 Å². The first kappa shape index (κ1) is 16.2. The van der Waals surface area contributed by atoms with Gasteiger partial charge in [0.25, 0.3) is 0 Å². The maximum Gasteiger partial charge on any atom is 0.237 e. The number of nitrogens with zero attached hydrogens (tertiary/aromatic N) is 5. The van der Waals surface area contributed by atoms with Crippen LogP contribution in [0.3, 0.4) is 0 Å². The van der Waals surface area contributed by atoms with Gasteiger partial charge in [0.15, 0.2) is 0 Å². The number of benzene rings is 2. The van der Waals surface area contributed by atoms with Crippen LogP contribution in [0.2, 0.25) is 0 Å². The van der Waals surface area contributed by atoms with Gasteiger partial charge in [0.1, 0.15) is 0 Å². The van der Waals surface area contributed by atoms with Crippen molar-refractivity contribution in [2.75, 3.05) is 17.7 Å². The Morgan fingerprint density at radius 2 is 1.83 bits per heavy atom. The number of carbonyl (C=O) groups is 1. The largest absolute Gasteiger partial charge is 0.315 e. The molecule has 0 N–H and O–H groups in total. The molecule has 0 spiro atoms. The normalized spacial score (nSPS) is 10.6. The Kier molecular flexibility index (Phi) is 4.90. The summed E-state index contributed by atoms with van der Waals surface area (Å²) < 4.78 is 1.64. The van der Waals surface area contributed by atoms with Crippen molar-refractivity contribution in [2.45, 2.75) is 12.1 Å². The molecule has 6 nitrogen and oxygen atoms in total. The highest BCUT2D eigenvalue weighted by atomic mass is 32.2. The van der Waals surface area contributed by atoms with E-state index >= 15 is 0 Å². The quantitative estimate of drug-likeness (QED) is 0.669. The summed E-state index contributed by atoms with van der Waals surface area (Å²) in [5.74, 6) is 0.252. The molecule has 1 amide bonds. The van der Waals surface area contributed by atoms with Crippen LogP contribution in [0.1, 0.15) is 5.56 Å². The maximum atomic E-state index is 12.4. The molecule has 0 atom stereocenters. The second-order valence-electron chi connectivity index (χ2n) is 5.29. The topological polar surface area (TPSA) is 63.9 Å². The lowest BCUT2D eigenvalue weighted by molar-refractivity contribution is -0.115. The van der Waals surface area contributed by atoms with Crippen LogP contribution >= 0.6 is 11.8 Å². The third kappa shape index (κ3) is 3.62. The number of aryl methyl sites for hydroxylation is 1. The van der Waals surface area contributed by atoms with Gasteiger partial charge in [0.05, 0.1) is 11.4 Å². The number of rotatable bonds is 5. The van der Waals surface area contributed by atoms with E-state index in [4.69, 9.17) is 0 Å². The van der Waals surface area contributed by atoms with Gasteiger partial charge in [0.2, 0.25) is 11.1 Å². The zero-order valence-corrected chi connectivity index (χ0v) is 14.3. The Hall–Kier alpha value is -2.67. The summed E-state index contributed by atoms with van der Waals surface area (Å²) in [6.07, 6.45) is 0. The number of amides is 1. The number of hydrogen-bond donors (Lipinski definition) is 0. The van der Waals surface area contributed by atoms with E-state index in [1.54, 1.807) is 16.6 Å². The van der Waals surface area contributed by atoms with E-state index in [9.17, 15) is 4.79 Å². The van der Waals surface area contributed by atoms with Crippen LogP contribution in [0.15, 0.2) is 59.8 Å². The van der Waals surface area contributed by atoms with Gasteiger partial charge in [-0.15, -0.1) is 5.10 Å². The molecule has 3 rings (SSSR count). The van der Waals surface area contributed by atoms with Crippen molar-refractivity contribution in [1.29, 1.82) is 0 Å². The van der Waals surface area contributed by atoms with E-state index in [-0.39, 0.29) is 11.7 Å². The molecule has 0 aliphatic carbocycles. The number of anilines is 1. The molecule has 0 aliphatic heterocycles. The van der Waals surface area contributed by atoms with Crippen molar-refractivity contribution in [3.63, 3.8) is 0 Å². The van der Waals surface area contributed by atoms with Crippen molar-refractivity contribution in [3.05, 3.63) is 60.2 Å². The minimum Gasteiger partial charge on any atom is -0.315 e. The van der Waals surface area contributed by atoms with Gasteiger partial charge in [-0.2, -0.15) is 4.68 Å². The molecule has 0 aliphatic rings. The van der Waals surface area contributed by atoms with Gasteiger partial charge >= 0.3 is 0 Å². The molecule has 122 valence electrons. The molecule has 0 bridgehead atoms. The highest BCUT2D eigenvalue weighted by Gasteiger charge is 2.15. The Labute approximate surface area is 144 Å². The highest BCUT2D eigenvalue weighted by molar-refractivity contribution is 7.99. The van der Waals surface area contributed by atoms with Crippen molar-refractivity contribution in [2.24, 2.45) is 0 Å². The summed E-state index contributed by atoms with van der Waals surface area (Å²) >= 11 is 1.32. The maximum absolute atomic E-state index is 12.4. The lowest BCUT2D eigenvalue weighted by Gasteiger charge is -2.16. The van der Waals surface area contributed by atoms with Crippen LogP contribution in [0.25, 0.3) is 5.69 Å². The minimum absolute atomic E-state index is 0.00958. The van der Waals surface area contributed by atoms with Gasteiger partial charge < -0.3 is 4.90 Å². The number of aromatic nitrogens is 4. The second-order valence-corrected chi connectivity index (χ2v) is 6.23. The van der Waals surface area contributed by atoms with Gasteiger partial charge in [0, 0.05) is 12.7 Å². The molecule has 1 heterocycles. The van der Waals surface area contributed by atoms with Crippen molar-refractivity contribution in [3.8, 4) is 5.69 Å². The lowest BCUT2D eigenvalue weighted by Crippen LogP contribution is -2.27. The van der Waals surface area contributed by atoms with Crippen molar-refractivity contribution in [1.82, 2.24) is 20.2 Å². The molecule has 0 unspecified atom stereocenters. The SMILES string of the molecule is Cc1ccc(-n2nnnc2SCC(=O)N(C)c2ccccc2)cc1. The summed E-state index contributed by atoms with van der Waals surface area (Å²) in [5, 5.41) is 12.3. The van der Waals surface area contributed by atoms with Gasteiger partial charge in [-0.3, -0.25) is 4.79 Å². The highest BCUT2D eigenvalue weighted by Crippen LogP contribution is 2.20. The smallest absolute Gasteiger partial charge is 0.237 e. The zero-order chi connectivity index (χ0) is 16.9. The second kappa shape index (κ2) is 7.27. The minimum atomic E-state index is -0.00958. The van der Waals surface area contributed by atoms with E-state index in [1.807, 2.05) is 61.5 Å². The fourth-order valence-corrected chi connectivity index (χ4v) is 2.94. The molecule has 2 aromatic carbocycles. The molecule has 0 saturated heterocycles. The molecule has 0 radical (unpaired) electrons. The zero-order valence-electron chi connectivity index (χ0n) is 13.5. The van der Waals surface area contributed by atoms with Crippen LogP contribution < -0.4 is 4.90 Å². The van der Waals surface area contributed by atoms with Gasteiger partial charge in [-0.05, 0) is 41.6 Å². The molecular weight excluding hydrogens is 322 g/mol. The molecule has 24 heavy (non-hydrogen) atoms. The predicted octanol–water partition coefficient (Wildman–Crippen LogP) is 2.73. The van der Waals surface area contributed by atoms with Crippen molar-refractivity contribution < 1.29 is 4.79 Å². The summed E-state index contributed by atoms with van der Waals surface area (Å²) in [7, 11) is 1.77. The van der Waals surface area contributed by atoms with E-state index in [1.165, 1.54) is 17.3 Å². The third-order valence-electron chi connectivity index (χ3n) is 3.56. The summed E-state index contributed by atoms with van der Waals surface area (Å²) in [6, 6.07) is 17.4. The van der Waals surface area contributed by atoms with E-state index in [2.05, 4.69) is 15.5 Å².